The SMILES string of the molecule is CN(c1cc(C2CC2)[nH]n1)c1nc(N2CCC(NC(=O)C(F)(F)F)CC2)nn2cccc12. The number of halogens is 3. The molecule has 0 spiro atoms. The summed E-state index contributed by atoms with van der Waals surface area (Å²) < 4.78 is 39.3. The van der Waals surface area contributed by atoms with E-state index < -0.39 is 18.1 Å². The average Bonchev–Trinajstić information content (AvgIpc) is 3.30. The van der Waals surface area contributed by atoms with Gasteiger partial charge in [-0.2, -0.15) is 23.3 Å². The Bertz CT molecular complexity index is 1130. The number of hydrogen-bond donors (Lipinski definition) is 2. The van der Waals surface area contributed by atoms with E-state index in [0.29, 0.717) is 43.6 Å². The van der Waals surface area contributed by atoms with Crippen LogP contribution in [0.25, 0.3) is 5.52 Å². The molecule has 1 aliphatic carbocycles. The number of aromatic amines is 1. The molecule has 3 aromatic rings. The number of alkyl halides is 3. The molecule has 0 aromatic carbocycles. The number of aromatic nitrogens is 5. The number of H-pyrrole nitrogens is 1. The highest BCUT2D eigenvalue weighted by molar-refractivity contribution is 5.82. The van der Waals surface area contributed by atoms with E-state index in [2.05, 4.69) is 20.6 Å². The van der Waals surface area contributed by atoms with E-state index in [4.69, 9.17) is 4.98 Å². The third-order valence-electron chi connectivity index (χ3n) is 5.99. The molecule has 2 aliphatic rings. The predicted molar refractivity (Wildman–Crippen MR) is 111 cm³/mol. The molecular formula is C20H23F3N8O. The first-order valence-electron chi connectivity index (χ1n) is 10.6. The summed E-state index contributed by atoms with van der Waals surface area (Å²) in [4.78, 5) is 19.8. The van der Waals surface area contributed by atoms with E-state index in [0.717, 1.165) is 17.0 Å². The lowest BCUT2D eigenvalue weighted by molar-refractivity contribution is -0.174. The summed E-state index contributed by atoms with van der Waals surface area (Å²) >= 11 is 0. The Hall–Kier alpha value is -3.31. The van der Waals surface area contributed by atoms with Crippen molar-refractivity contribution in [2.24, 2.45) is 0 Å². The molecule has 3 aromatic heterocycles. The third kappa shape index (κ3) is 3.96. The minimum Gasteiger partial charge on any atom is -0.345 e. The van der Waals surface area contributed by atoms with Crippen molar-refractivity contribution in [3.8, 4) is 0 Å². The largest absolute Gasteiger partial charge is 0.471 e. The van der Waals surface area contributed by atoms with Crippen molar-refractivity contribution >= 4 is 29.0 Å². The van der Waals surface area contributed by atoms with Gasteiger partial charge in [-0.15, -0.1) is 5.10 Å². The van der Waals surface area contributed by atoms with Crippen LogP contribution >= 0.6 is 0 Å². The molecule has 1 saturated carbocycles. The fourth-order valence-electron chi connectivity index (χ4n) is 3.99. The van der Waals surface area contributed by atoms with Gasteiger partial charge in [0.15, 0.2) is 11.6 Å². The Morgan fingerprint density at radius 2 is 2.00 bits per heavy atom. The molecule has 0 radical (unpaired) electrons. The van der Waals surface area contributed by atoms with Gasteiger partial charge in [-0.05, 0) is 37.8 Å². The molecule has 5 rings (SSSR count). The molecule has 2 fully saturated rings. The minimum atomic E-state index is -4.87. The summed E-state index contributed by atoms with van der Waals surface area (Å²) in [6.07, 6.45) is 0.0597. The van der Waals surface area contributed by atoms with E-state index in [1.54, 1.807) is 4.52 Å². The minimum absolute atomic E-state index is 0.379. The number of amides is 1. The maximum absolute atomic E-state index is 12.5. The Morgan fingerprint density at radius 3 is 2.69 bits per heavy atom. The van der Waals surface area contributed by atoms with Crippen LogP contribution in [0.1, 0.15) is 37.3 Å². The van der Waals surface area contributed by atoms with Crippen LogP contribution in [-0.2, 0) is 4.79 Å². The van der Waals surface area contributed by atoms with Crippen molar-refractivity contribution in [2.45, 2.75) is 43.8 Å². The van der Waals surface area contributed by atoms with Gasteiger partial charge in [0.2, 0.25) is 5.95 Å². The Labute approximate surface area is 181 Å². The van der Waals surface area contributed by atoms with Crippen LogP contribution in [0.4, 0.5) is 30.8 Å². The number of rotatable bonds is 5. The van der Waals surface area contributed by atoms with Crippen LogP contribution in [0.3, 0.4) is 0 Å². The average molecular weight is 448 g/mol. The number of nitrogens with zero attached hydrogens (tertiary/aromatic N) is 6. The first kappa shape index (κ1) is 20.6. The maximum atomic E-state index is 12.5. The van der Waals surface area contributed by atoms with Gasteiger partial charge >= 0.3 is 12.1 Å². The summed E-state index contributed by atoms with van der Waals surface area (Å²) in [5.41, 5.74) is 1.94. The van der Waals surface area contributed by atoms with Crippen LogP contribution < -0.4 is 15.1 Å². The molecular weight excluding hydrogens is 425 g/mol. The molecule has 32 heavy (non-hydrogen) atoms. The second kappa shape index (κ2) is 7.68. The molecule has 0 unspecified atom stereocenters. The van der Waals surface area contributed by atoms with Crippen molar-refractivity contribution in [1.82, 2.24) is 30.1 Å². The highest BCUT2D eigenvalue weighted by atomic mass is 19.4. The van der Waals surface area contributed by atoms with Crippen molar-refractivity contribution in [3.05, 3.63) is 30.1 Å². The zero-order valence-electron chi connectivity index (χ0n) is 17.4. The Morgan fingerprint density at radius 1 is 1.25 bits per heavy atom. The second-order valence-electron chi connectivity index (χ2n) is 8.32. The van der Waals surface area contributed by atoms with Crippen molar-refractivity contribution in [3.63, 3.8) is 0 Å². The van der Waals surface area contributed by atoms with E-state index in [1.807, 2.05) is 41.2 Å². The van der Waals surface area contributed by atoms with E-state index in [-0.39, 0.29) is 0 Å². The summed E-state index contributed by atoms with van der Waals surface area (Å²) in [6, 6.07) is 5.31. The van der Waals surface area contributed by atoms with Crippen LogP contribution in [0.5, 0.6) is 0 Å². The molecule has 12 heteroatoms. The van der Waals surface area contributed by atoms with Crippen LogP contribution in [0.2, 0.25) is 0 Å². The summed E-state index contributed by atoms with van der Waals surface area (Å²) in [7, 11) is 1.89. The van der Waals surface area contributed by atoms with Gasteiger partial charge in [0, 0.05) is 50.1 Å². The molecule has 1 aliphatic heterocycles. The quantitative estimate of drug-likeness (QED) is 0.624. The topological polar surface area (TPSA) is 94.5 Å². The van der Waals surface area contributed by atoms with E-state index >= 15 is 0 Å². The molecule has 1 saturated heterocycles. The van der Waals surface area contributed by atoms with Gasteiger partial charge in [-0.3, -0.25) is 9.89 Å². The molecule has 0 bridgehead atoms. The molecule has 2 N–H and O–H groups in total. The monoisotopic (exact) mass is 448 g/mol. The highest BCUT2D eigenvalue weighted by Crippen LogP contribution is 2.40. The van der Waals surface area contributed by atoms with Gasteiger partial charge in [0.1, 0.15) is 5.52 Å². The van der Waals surface area contributed by atoms with Crippen LogP contribution in [0, 0.1) is 0 Å². The number of hydrogen-bond acceptors (Lipinski definition) is 6. The van der Waals surface area contributed by atoms with Gasteiger partial charge in [0.05, 0.1) is 0 Å². The predicted octanol–water partition coefficient (Wildman–Crippen LogP) is 2.75. The normalized spacial score (nSPS) is 17.7. The third-order valence-corrected chi connectivity index (χ3v) is 5.99. The zero-order chi connectivity index (χ0) is 22.5. The summed E-state index contributed by atoms with van der Waals surface area (Å²) in [5, 5.41) is 14.2. The van der Waals surface area contributed by atoms with Gasteiger partial charge < -0.3 is 15.1 Å². The number of carbonyl (C=O) groups is 1. The van der Waals surface area contributed by atoms with Gasteiger partial charge in [-0.25, -0.2) is 4.52 Å². The zero-order valence-corrected chi connectivity index (χ0v) is 17.4. The van der Waals surface area contributed by atoms with Crippen molar-refractivity contribution < 1.29 is 18.0 Å². The number of carbonyl (C=O) groups excluding carboxylic acids is 1. The lowest BCUT2D eigenvalue weighted by Gasteiger charge is -2.32. The summed E-state index contributed by atoms with van der Waals surface area (Å²) in [5.74, 6) is 0.580. The molecule has 1 amide bonds. The Balaban J connectivity index is 1.35. The summed E-state index contributed by atoms with van der Waals surface area (Å²) in [6.45, 7) is 0.875. The lowest BCUT2D eigenvalue weighted by atomic mass is 10.1. The standard InChI is InChI=1S/C20H23F3N8O/c1-29(16-11-14(26-27-16)12-4-5-12)17-15-3-2-8-31(15)28-19(25-17)30-9-6-13(7-10-30)24-18(32)20(21,22)23/h2-3,8,11-13H,4-7,9-10H2,1H3,(H,24,32)(H,26,27). The van der Waals surface area contributed by atoms with Gasteiger partial charge in [-0.1, -0.05) is 0 Å². The smallest absolute Gasteiger partial charge is 0.345 e. The molecule has 4 heterocycles. The van der Waals surface area contributed by atoms with Crippen LogP contribution in [0.15, 0.2) is 24.4 Å². The van der Waals surface area contributed by atoms with E-state index in [9.17, 15) is 18.0 Å². The number of nitrogens with one attached hydrogen (secondary N) is 2. The molecule has 170 valence electrons. The lowest BCUT2D eigenvalue weighted by Crippen LogP contribution is -2.48. The van der Waals surface area contributed by atoms with E-state index in [1.165, 1.54) is 12.8 Å². The molecule has 0 atom stereocenters. The second-order valence-corrected chi connectivity index (χ2v) is 8.32. The molecule has 9 nitrogen and oxygen atoms in total. The Kier molecular flexibility index (Phi) is 4.94. The maximum Gasteiger partial charge on any atom is 0.471 e. The number of anilines is 3. The fraction of sp³-hybridized carbons (Fsp3) is 0.500. The first-order valence-corrected chi connectivity index (χ1v) is 10.6. The van der Waals surface area contributed by atoms with Gasteiger partial charge in [0.25, 0.3) is 0 Å². The van der Waals surface area contributed by atoms with Crippen molar-refractivity contribution in [1.29, 1.82) is 0 Å². The number of fused-ring (bicyclic) bond motifs is 1. The number of piperidine rings is 1. The van der Waals surface area contributed by atoms with Crippen LogP contribution in [-0.4, -0.2) is 63.1 Å². The highest BCUT2D eigenvalue weighted by Gasteiger charge is 2.40. The fourth-order valence-corrected chi connectivity index (χ4v) is 3.99. The first-order chi connectivity index (χ1) is 15.3. The van der Waals surface area contributed by atoms with Crippen molar-refractivity contribution in [2.75, 3.05) is 29.9 Å².